The van der Waals surface area contributed by atoms with Gasteiger partial charge in [0.25, 0.3) is 0 Å². The molecule has 0 heterocycles. The van der Waals surface area contributed by atoms with E-state index in [9.17, 15) is 10.2 Å². The molecular formula is C22H32N2O3. The predicted molar refractivity (Wildman–Crippen MR) is 110 cm³/mol. The topological polar surface area (TPSA) is 73.8 Å². The average molecular weight is 373 g/mol. The zero-order valence-corrected chi connectivity index (χ0v) is 16.0. The van der Waals surface area contributed by atoms with Crippen LogP contribution in [-0.4, -0.2) is 43.0 Å². The third-order valence-electron chi connectivity index (χ3n) is 4.38. The van der Waals surface area contributed by atoms with Crippen molar-refractivity contribution < 1.29 is 14.9 Å². The summed E-state index contributed by atoms with van der Waals surface area (Å²) in [6.45, 7) is 4.52. The minimum atomic E-state index is -0.0649. The zero-order chi connectivity index (χ0) is 19.2. The number of unbranched alkanes of at least 4 members (excludes halogenated alkanes) is 3. The Bertz CT molecular complexity index is 635. The van der Waals surface area contributed by atoms with Gasteiger partial charge >= 0.3 is 0 Å². The number of ether oxygens (including phenoxy) is 1. The third kappa shape index (κ3) is 9.31. The summed E-state index contributed by atoms with van der Waals surface area (Å²) in [4.78, 5) is 0. The molecule has 0 spiro atoms. The highest BCUT2D eigenvalue weighted by atomic mass is 16.5. The Balaban J connectivity index is 1.34. The van der Waals surface area contributed by atoms with E-state index in [0.717, 1.165) is 43.9 Å². The van der Waals surface area contributed by atoms with Gasteiger partial charge in [0.1, 0.15) is 12.4 Å². The van der Waals surface area contributed by atoms with E-state index < -0.39 is 0 Å². The van der Waals surface area contributed by atoms with Crippen molar-refractivity contribution in [1.82, 2.24) is 10.6 Å². The molecule has 2 aromatic rings. The number of aromatic hydroxyl groups is 2. The van der Waals surface area contributed by atoms with E-state index in [4.69, 9.17) is 4.74 Å². The second-order valence-electron chi connectivity index (χ2n) is 6.65. The van der Waals surface area contributed by atoms with Crippen LogP contribution in [-0.2, 0) is 6.42 Å². The van der Waals surface area contributed by atoms with E-state index in [0.29, 0.717) is 6.61 Å². The summed E-state index contributed by atoms with van der Waals surface area (Å²) in [6, 6.07) is 14.9. The molecule has 0 aliphatic heterocycles. The molecule has 0 atom stereocenters. The lowest BCUT2D eigenvalue weighted by Gasteiger charge is -2.08. The lowest BCUT2D eigenvalue weighted by atomic mass is 10.1. The predicted octanol–water partition coefficient (Wildman–Crippen LogP) is 3.46. The van der Waals surface area contributed by atoms with Crippen LogP contribution >= 0.6 is 0 Å². The fourth-order valence-electron chi connectivity index (χ4n) is 2.82. The van der Waals surface area contributed by atoms with Crippen LogP contribution in [0, 0.1) is 0 Å². The fraction of sp³-hybridized carbons (Fsp3) is 0.455. The van der Waals surface area contributed by atoms with Crippen molar-refractivity contribution in [3.8, 4) is 17.2 Å². The van der Waals surface area contributed by atoms with E-state index in [-0.39, 0.29) is 11.5 Å². The monoisotopic (exact) mass is 372 g/mol. The van der Waals surface area contributed by atoms with Crippen LogP contribution in [0.5, 0.6) is 17.2 Å². The molecule has 5 heteroatoms. The molecule has 148 valence electrons. The Hall–Kier alpha value is -2.24. The van der Waals surface area contributed by atoms with E-state index in [2.05, 4.69) is 10.6 Å². The molecule has 0 unspecified atom stereocenters. The van der Waals surface area contributed by atoms with Gasteiger partial charge in [-0.3, -0.25) is 0 Å². The molecule has 0 saturated heterocycles. The number of para-hydroxylation sites is 1. The van der Waals surface area contributed by atoms with Gasteiger partial charge in [-0.25, -0.2) is 0 Å². The minimum absolute atomic E-state index is 0.0484. The van der Waals surface area contributed by atoms with Crippen molar-refractivity contribution in [2.75, 3.05) is 32.8 Å². The summed E-state index contributed by atoms with van der Waals surface area (Å²) in [5, 5.41) is 25.6. The highest BCUT2D eigenvalue weighted by Gasteiger charge is 2.00. The van der Waals surface area contributed by atoms with E-state index in [1.807, 2.05) is 36.4 Å². The van der Waals surface area contributed by atoms with Gasteiger partial charge in [-0.2, -0.15) is 0 Å². The molecule has 0 radical (unpaired) electrons. The highest BCUT2D eigenvalue weighted by molar-refractivity contribution is 5.40. The van der Waals surface area contributed by atoms with Crippen LogP contribution in [0.15, 0.2) is 48.5 Å². The van der Waals surface area contributed by atoms with Gasteiger partial charge < -0.3 is 25.6 Å². The lowest BCUT2D eigenvalue weighted by Crippen LogP contribution is -2.22. The number of nitrogens with one attached hydrogen (secondary N) is 2. The van der Waals surface area contributed by atoms with Gasteiger partial charge in [0, 0.05) is 6.54 Å². The van der Waals surface area contributed by atoms with Gasteiger partial charge in [-0.05, 0) is 68.7 Å². The number of phenolic OH excluding ortho intramolecular Hbond substituents is 2. The van der Waals surface area contributed by atoms with Crippen LogP contribution in [0.2, 0.25) is 0 Å². The fourth-order valence-corrected chi connectivity index (χ4v) is 2.82. The molecular weight excluding hydrogens is 340 g/mol. The largest absolute Gasteiger partial charge is 0.504 e. The Morgan fingerprint density at radius 1 is 0.704 bits per heavy atom. The van der Waals surface area contributed by atoms with Crippen LogP contribution in [0.25, 0.3) is 0 Å². The van der Waals surface area contributed by atoms with Gasteiger partial charge in [0.05, 0.1) is 0 Å². The molecule has 2 rings (SSSR count). The van der Waals surface area contributed by atoms with Crippen molar-refractivity contribution in [1.29, 1.82) is 0 Å². The first kappa shape index (κ1) is 21.1. The quantitative estimate of drug-likeness (QED) is 0.302. The molecule has 0 amide bonds. The van der Waals surface area contributed by atoms with E-state index in [1.165, 1.54) is 31.7 Å². The number of benzene rings is 2. The molecule has 0 aliphatic rings. The summed E-state index contributed by atoms with van der Waals surface area (Å²) in [7, 11) is 0. The molecule has 0 saturated carbocycles. The Kier molecular flexibility index (Phi) is 10.1. The summed E-state index contributed by atoms with van der Waals surface area (Å²) >= 11 is 0. The first-order valence-electron chi connectivity index (χ1n) is 9.86. The second kappa shape index (κ2) is 13.0. The van der Waals surface area contributed by atoms with Crippen LogP contribution in [0.1, 0.15) is 31.2 Å². The van der Waals surface area contributed by atoms with Crippen LogP contribution in [0.3, 0.4) is 0 Å². The highest BCUT2D eigenvalue weighted by Crippen LogP contribution is 2.24. The zero-order valence-electron chi connectivity index (χ0n) is 16.0. The lowest BCUT2D eigenvalue weighted by molar-refractivity contribution is 0.313. The molecule has 0 fully saturated rings. The Labute approximate surface area is 162 Å². The normalized spacial score (nSPS) is 10.8. The van der Waals surface area contributed by atoms with Gasteiger partial charge in [-0.1, -0.05) is 37.1 Å². The van der Waals surface area contributed by atoms with Crippen molar-refractivity contribution >= 4 is 0 Å². The van der Waals surface area contributed by atoms with Crippen molar-refractivity contribution in [3.05, 3.63) is 54.1 Å². The first-order chi connectivity index (χ1) is 13.3. The van der Waals surface area contributed by atoms with Crippen LogP contribution < -0.4 is 15.4 Å². The van der Waals surface area contributed by atoms with E-state index >= 15 is 0 Å². The summed E-state index contributed by atoms with van der Waals surface area (Å²) < 4.78 is 5.64. The summed E-state index contributed by atoms with van der Waals surface area (Å²) in [6.07, 6.45) is 5.69. The molecule has 4 N–H and O–H groups in total. The Morgan fingerprint density at radius 2 is 1.41 bits per heavy atom. The molecule has 0 aromatic heterocycles. The maximum absolute atomic E-state index is 9.46. The molecule has 27 heavy (non-hydrogen) atoms. The maximum Gasteiger partial charge on any atom is 0.157 e. The van der Waals surface area contributed by atoms with Crippen molar-refractivity contribution in [2.24, 2.45) is 0 Å². The van der Waals surface area contributed by atoms with E-state index in [1.54, 1.807) is 6.07 Å². The van der Waals surface area contributed by atoms with Gasteiger partial charge in [0.15, 0.2) is 11.5 Å². The summed E-state index contributed by atoms with van der Waals surface area (Å²) in [5.41, 5.74) is 1.03. The number of hydrogen-bond acceptors (Lipinski definition) is 5. The van der Waals surface area contributed by atoms with Gasteiger partial charge in [-0.15, -0.1) is 0 Å². The third-order valence-corrected chi connectivity index (χ3v) is 4.38. The summed E-state index contributed by atoms with van der Waals surface area (Å²) in [5.74, 6) is 0.812. The van der Waals surface area contributed by atoms with Crippen molar-refractivity contribution in [3.63, 3.8) is 0 Å². The minimum Gasteiger partial charge on any atom is -0.504 e. The molecule has 2 aromatic carbocycles. The SMILES string of the molecule is Oc1ccc(CCNCCCCCCNCCOc2ccccc2)cc1O. The standard InChI is InChI=1S/C22H32N2O3/c25-21-11-10-19(18-22(21)26)12-15-23-13-6-1-2-7-14-24-16-17-27-20-8-4-3-5-9-20/h3-5,8-11,18,23-26H,1-2,6-7,12-17H2. The first-order valence-corrected chi connectivity index (χ1v) is 9.86. The molecule has 0 bridgehead atoms. The Morgan fingerprint density at radius 3 is 2.11 bits per heavy atom. The smallest absolute Gasteiger partial charge is 0.157 e. The number of hydrogen-bond donors (Lipinski definition) is 4. The van der Waals surface area contributed by atoms with Crippen molar-refractivity contribution in [2.45, 2.75) is 32.1 Å². The molecule has 5 nitrogen and oxygen atoms in total. The number of rotatable bonds is 14. The van der Waals surface area contributed by atoms with Crippen LogP contribution in [0.4, 0.5) is 0 Å². The number of phenols is 2. The second-order valence-corrected chi connectivity index (χ2v) is 6.65. The van der Waals surface area contributed by atoms with Gasteiger partial charge in [0.2, 0.25) is 0 Å². The maximum atomic E-state index is 9.46. The average Bonchev–Trinajstić information content (AvgIpc) is 2.69. The molecule has 0 aliphatic carbocycles.